The molecule has 3 fully saturated rings. The van der Waals surface area contributed by atoms with Gasteiger partial charge in [0.25, 0.3) is 0 Å². The molecule has 0 N–H and O–H groups in total. The number of hydrogen-bond acceptors (Lipinski definition) is 5. The molecule has 1 aliphatic carbocycles. The average Bonchev–Trinajstić information content (AvgIpc) is 3.19. The molecule has 1 saturated carbocycles. The standard InChI is InChI=1S/C18H23N3O2S/c19-11-14-6-10-24-18(14)21-9-5-16(17(21)22)20-7-3-15(4-8-20)23-12-13-1-2-13/h6,10,13,15-16H,1-5,7-9,12H2/t16-/m0/s1. The molecule has 0 radical (unpaired) electrons. The second-order valence-corrected chi connectivity index (χ2v) is 7.95. The van der Waals surface area contributed by atoms with Crippen molar-refractivity contribution in [1.82, 2.24) is 4.90 Å². The number of hydrogen-bond donors (Lipinski definition) is 0. The predicted molar refractivity (Wildman–Crippen MR) is 93.1 cm³/mol. The highest BCUT2D eigenvalue weighted by molar-refractivity contribution is 7.14. The minimum Gasteiger partial charge on any atom is -0.378 e. The number of nitrogens with zero attached hydrogens (tertiary/aromatic N) is 3. The maximum Gasteiger partial charge on any atom is 0.245 e. The van der Waals surface area contributed by atoms with Crippen molar-refractivity contribution in [1.29, 1.82) is 5.26 Å². The van der Waals surface area contributed by atoms with Crippen LogP contribution in [-0.2, 0) is 9.53 Å². The molecule has 6 heteroatoms. The molecular formula is C18H23N3O2S. The molecule has 2 saturated heterocycles. The van der Waals surface area contributed by atoms with Crippen molar-refractivity contribution in [2.75, 3.05) is 31.1 Å². The van der Waals surface area contributed by atoms with E-state index in [4.69, 9.17) is 4.74 Å². The fourth-order valence-corrected chi connectivity index (χ4v) is 4.59. The normalized spacial score (nSPS) is 26.0. The Morgan fingerprint density at radius 2 is 2.00 bits per heavy atom. The maximum absolute atomic E-state index is 12.8. The van der Waals surface area contributed by atoms with Gasteiger partial charge in [-0.25, -0.2) is 0 Å². The van der Waals surface area contributed by atoms with E-state index < -0.39 is 0 Å². The van der Waals surface area contributed by atoms with E-state index in [1.54, 1.807) is 6.07 Å². The third kappa shape index (κ3) is 3.21. The van der Waals surface area contributed by atoms with Gasteiger partial charge in [0.2, 0.25) is 5.91 Å². The second kappa shape index (κ2) is 6.83. The summed E-state index contributed by atoms with van der Waals surface area (Å²) < 4.78 is 6.00. The van der Waals surface area contributed by atoms with E-state index in [0.717, 1.165) is 56.4 Å². The third-order valence-electron chi connectivity index (χ3n) is 5.37. The number of piperidine rings is 1. The first-order valence-corrected chi connectivity index (χ1v) is 9.79. The highest BCUT2D eigenvalue weighted by atomic mass is 32.1. The molecule has 3 aliphatic rings. The summed E-state index contributed by atoms with van der Waals surface area (Å²) in [6, 6.07) is 3.96. The molecule has 0 spiro atoms. The van der Waals surface area contributed by atoms with Crippen molar-refractivity contribution in [3.63, 3.8) is 0 Å². The zero-order valence-corrected chi connectivity index (χ0v) is 14.6. The van der Waals surface area contributed by atoms with E-state index in [1.165, 1.54) is 24.2 Å². The second-order valence-electron chi connectivity index (χ2n) is 7.06. The number of carbonyl (C=O) groups is 1. The molecule has 1 aromatic heterocycles. The third-order valence-corrected chi connectivity index (χ3v) is 6.31. The number of thiophene rings is 1. The van der Waals surface area contributed by atoms with E-state index >= 15 is 0 Å². The quantitative estimate of drug-likeness (QED) is 0.823. The Balaban J connectivity index is 1.33. The zero-order valence-electron chi connectivity index (χ0n) is 13.8. The number of nitriles is 1. The Labute approximate surface area is 146 Å². The van der Waals surface area contributed by atoms with Gasteiger partial charge >= 0.3 is 0 Å². The van der Waals surface area contributed by atoms with E-state index in [0.29, 0.717) is 11.7 Å². The Bertz CT molecular complexity index is 641. The average molecular weight is 345 g/mol. The molecule has 3 heterocycles. The molecule has 5 nitrogen and oxygen atoms in total. The molecule has 4 rings (SSSR count). The van der Waals surface area contributed by atoms with Gasteiger partial charge in [-0.2, -0.15) is 5.26 Å². The summed E-state index contributed by atoms with van der Waals surface area (Å²) in [6.45, 7) is 3.52. The van der Waals surface area contributed by atoms with Gasteiger partial charge in [0.15, 0.2) is 0 Å². The Morgan fingerprint density at radius 3 is 2.71 bits per heavy atom. The summed E-state index contributed by atoms with van der Waals surface area (Å²) in [5.41, 5.74) is 0.612. The molecule has 24 heavy (non-hydrogen) atoms. The lowest BCUT2D eigenvalue weighted by Gasteiger charge is -2.35. The summed E-state index contributed by atoms with van der Waals surface area (Å²) in [7, 11) is 0. The summed E-state index contributed by atoms with van der Waals surface area (Å²) >= 11 is 1.48. The van der Waals surface area contributed by atoms with E-state index in [9.17, 15) is 10.1 Å². The molecule has 1 atom stereocenters. The van der Waals surface area contributed by atoms with Gasteiger partial charge in [0.1, 0.15) is 11.1 Å². The molecule has 0 aromatic carbocycles. The van der Waals surface area contributed by atoms with Gasteiger partial charge in [-0.1, -0.05) is 0 Å². The first-order chi connectivity index (χ1) is 11.8. The molecule has 0 unspecified atom stereocenters. The summed E-state index contributed by atoms with van der Waals surface area (Å²) in [6.07, 6.45) is 5.95. The highest BCUT2D eigenvalue weighted by Crippen LogP contribution is 2.33. The Kier molecular flexibility index (Phi) is 4.57. The van der Waals surface area contributed by atoms with Crippen molar-refractivity contribution in [2.45, 2.75) is 44.2 Å². The minimum atomic E-state index is -0.0250. The Hall–Kier alpha value is -1.42. The first-order valence-electron chi connectivity index (χ1n) is 8.91. The lowest BCUT2D eigenvalue weighted by molar-refractivity contribution is -0.122. The molecule has 2 aliphatic heterocycles. The van der Waals surface area contributed by atoms with Crippen LogP contribution in [0, 0.1) is 17.2 Å². The minimum absolute atomic E-state index is 0.0250. The topological polar surface area (TPSA) is 56.6 Å². The summed E-state index contributed by atoms with van der Waals surface area (Å²) in [5, 5.41) is 11.9. The predicted octanol–water partition coefficient (Wildman–Crippen LogP) is 2.62. The maximum atomic E-state index is 12.8. The zero-order chi connectivity index (χ0) is 16.5. The van der Waals surface area contributed by atoms with Gasteiger partial charge < -0.3 is 9.64 Å². The fraction of sp³-hybridized carbons (Fsp3) is 0.667. The number of anilines is 1. The largest absolute Gasteiger partial charge is 0.378 e. The van der Waals surface area contributed by atoms with E-state index in [2.05, 4.69) is 11.0 Å². The van der Waals surface area contributed by atoms with Crippen molar-refractivity contribution >= 4 is 22.2 Å². The SMILES string of the molecule is N#Cc1ccsc1N1CC[C@H](N2CCC(OCC3CC3)CC2)C1=O. The fourth-order valence-electron chi connectivity index (χ4n) is 3.71. The Morgan fingerprint density at radius 1 is 1.21 bits per heavy atom. The molecule has 1 amide bonds. The summed E-state index contributed by atoms with van der Waals surface area (Å²) in [5.74, 6) is 0.972. The smallest absolute Gasteiger partial charge is 0.245 e. The van der Waals surface area contributed by atoms with E-state index in [-0.39, 0.29) is 11.9 Å². The summed E-state index contributed by atoms with van der Waals surface area (Å²) in [4.78, 5) is 17.0. The van der Waals surface area contributed by atoms with Crippen LogP contribution < -0.4 is 4.90 Å². The van der Waals surface area contributed by atoms with Crippen LogP contribution in [0.15, 0.2) is 11.4 Å². The van der Waals surface area contributed by atoms with Gasteiger partial charge in [-0.3, -0.25) is 9.69 Å². The van der Waals surface area contributed by atoms with Gasteiger partial charge in [0, 0.05) is 26.2 Å². The van der Waals surface area contributed by atoms with Gasteiger partial charge in [-0.15, -0.1) is 11.3 Å². The molecule has 1 aromatic rings. The number of likely N-dealkylation sites (tertiary alicyclic amines) is 1. The van der Waals surface area contributed by atoms with E-state index in [1.807, 2.05) is 10.3 Å². The van der Waals surface area contributed by atoms with Crippen molar-refractivity contribution in [2.24, 2.45) is 5.92 Å². The number of amides is 1. The van der Waals surface area contributed by atoms with Crippen LogP contribution in [0.3, 0.4) is 0 Å². The lowest BCUT2D eigenvalue weighted by Crippen LogP contribution is -2.47. The number of carbonyl (C=O) groups excluding carboxylic acids is 1. The molecule has 128 valence electrons. The van der Waals surface area contributed by atoms with Crippen LogP contribution in [0.5, 0.6) is 0 Å². The monoisotopic (exact) mass is 345 g/mol. The molecular weight excluding hydrogens is 322 g/mol. The first kappa shape index (κ1) is 16.1. The van der Waals surface area contributed by atoms with Gasteiger partial charge in [0.05, 0.1) is 17.7 Å². The van der Waals surface area contributed by atoms with Crippen molar-refractivity contribution < 1.29 is 9.53 Å². The lowest BCUT2D eigenvalue weighted by atomic mass is 10.0. The van der Waals surface area contributed by atoms with Crippen LogP contribution >= 0.6 is 11.3 Å². The number of ether oxygens (including phenoxy) is 1. The van der Waals surface area contributed by atoms with Crippen LogP contribution in [0.2, 0.25) is 0 Å². The van der Waals surface area contributed by atoms with Crippen LogP contribution in [0.25, 0.3) is 0 Å². The van der Waals surface area contributed by atoms with Gasteiger partial charge in [-0.05, 0) is 49.5 Å². The number of rotatable bonds is 5. The van der Waals surface area contributed by atoms with Crippen LogP contribution in [0.1, 0.15) is 37.7 Å². The van der Waals surface area contributed by atoms with Crippen LogP contribution in [-0.4, -0.2) is 49.2 Å². The highest BCUT2D eigenvalue weighted by Gasteiger charge is 2.39. The molecule has 0 bridgehead atoms. The van der Waals surface area contributed by atoms with Crippen LogP contribution in [0.4, 0.5) is 5.00 Å². The van der Waals surface area contributed by atoms with Crippen molar-refractivity contribution in [3.05, 3.63) is 17.0 Å². The van der Waals surface area contributed by atoms with Crippen molar-refractivity contribution in [3.8, 4) is 6.07 Å².